The van der Waals surface area contributed by atoms with Crippen molar-refractivity contribution in [2.45, 2.75) is 53.6 Å². The summed E-state index contributed by atoms with van der Waals surface area (Å²) in [6.07, 6.45) is 2.77. The van der Waals surface area contributed by atoms with Gasteiger partial charge in [0, 0.05) is 29.7 Å². The second-order valence-corrected chi connectivity index (χ2v) is 8.21. The van der Waals surface area contributed by atoms with Gasteiger partial charge in [0.15, 0.2) is 0 Å². The molecule has 0 unspecified atom stereocenters. The summed E-state index contributed by atoms with van der Waals surface area (Å²) in [5, 5.41) is 12.6. The van der Waals surface area contributed by atoms with E-state index in [0.717, 1.165) is 29.1 Å². The fourth-order valence-corrected chi connectivity index (χ4v) is 3.52. The number of aromatic nitrogens is 4. The molecule has 0 saturated heterocycles. The molecule has 0 aliphatic carbocycles. The minimum atomic E-state index is -0.0294. The topological polar surface area (TPSA) is 64.7 Å². The van der Waals surface area contributed by atoms with Gasteiger partial charge in [-0.15, -0.1) is 0 Å². The Hall–Kier alpha value is -2.60. The van der Waals surface area contributed by atoms with Crippen molar-refractivity contribution in [3.63, 3.8) is 0 Å². The van der Waals surface area contributed by atoms with E-state index in [0.29, 0.717) is 36.1 Å². The number of carbonyl (C=O) groups excluding carboxylic acids is 1. The Morgan fingerprint density at radius 1 is 1.14 bits per heavy atom. The number of amides is 1. The van der Waals surface area contributed by atoms with E-state index < -0.39 is 0 Å². The molecular formula is C22H28ClN5O. The lowest BCUT2D eigenvalue weighted by Gasteiger charge is -2.10. The third kappa shape index (κ3) is 5.48. The van der Waals surface area contributed by atoms with Crippen LogP contribution in [-0.2, 0) is 24.3 Å². The molecule has 29 heavy (non-hydrogen) atoms. The van der Waals surface area contributed by atoms with Gasteiger partial charge in [-0.1, -0.05) is 37.6 Å². The lowest BCUT2D eigenvalue weighted by Crippen LogP contribution is -2.16. The molecule has 0 fully saturated rings. The quantitative estimate of drug-likeness (QED) is 0.585. The summed E-state index contributed by atoms with van der Waals surface area (Å²) >= 11 is 5.94. The number of nitrogens with zero attached hydrogens (tertiary/aromatic N) is 4. The SMILES string of the molecule is Cc1nn(CC(C)C)c(C)c1CCC(=O)Nc1ccnn1Cc1ccc(Cl)cc1. The lowest BCUT2D eigenvalue weighted by atomic mass is 10.1. The van der Waals surface area contributed by atoms with Crippen molar-refractivity contribution in [2.75, 3.05) is 5.32 Å². The molecule has 1 N–H and O–H groups in total. The fraction of sp³-hybridized carbons (Fsp3) is 0.409. The van der Waals surface area contributed by atoms with Crippen molar-refractivity contribution in [1.29, 1.82) is 0 Å². The van der Waals surface area contributed by atoms with Gasteiger partial charge in [-0.3, -0.25) is 9.48 Å². The van der Waals surface area contributed by atoms with Crippen LogP contribution in [-0.4, -0.2) is 25.5 Å². The van der Waals surface area contributed by atoms with Gasteiger partial charge in [0.2, 0.25) is 5.91 Å². The molecule has 0 aliphatic heterocycles. The minimum absolute atomic E-state index is 0.0294. The molecule has 0 saturated carbocycles. The molecule has 6 nitrogen and oxygen atoms in total. The molecule has 1 amide bonds. The molecule has 0 spiro atoms. The number of hydrogen-bond acceptors (Lipinski definition) is 3. The van der Waals surface area contributed by atoms with Crippen molar-refractivity contribution >= 4 is 23.3 Å². The molecule has 0 bridgehead atoms. The van der Waals surface area contributed by atoms with Crippen LogP contribution in [0.25, 0.3) is 0 Å². The van der Waals surface area contributed by atoms with Crippen LogP contribution in [0.2, 0.25) is 5.02 Å². The first-order valence-corrected chi connectivity index (χ1v) is 10.3. The van der Waals surface area contributed by atoms with Gasteiger partial charge < -0.3 is 5.32 Å². The highest BCUT2D eigenvalue weighted by molar-refractivity contribution is 6.30. The van der Waals surface area contributed by atoms with Crippen molar-refractivity contribution in [3.05, 3.63) is 64.1 Å². The van der Waals surface area contributed by atoms with E-state index in [4.69, 9.17) is 11.6 Å². The predicted molar refractivity (Wildman–Crippen MR) is 116 cm³/mol. The van der Waals surface area contributed by atoms with Gasteiger partial charge in [-0.2, -0.15) is 10.2 Å². The zero-order valence-electron chi connectivity index (χ0n) is 17.4. The minimum Gasteiger partial charge on any atom is -0.311 e. The molecule has 154 valence electrons. The molecule has 0 aliphatic rings. The van der Waals surface area contributed by atoms with Gasteiger partial charge >= 0.3 is 0 Å². The largest absolute Gasteiger partial charge is 0.311 e. The summed E-state index contributed by atoms with van der Waals surface area (Å²) < 4.78 is 3.83. The van der Waals surface area contributed by atoms with Crippen molar-refractivity contribution in [1.82, 2.24) is 19.6 Å². The van der Waals surface area contributed by atoms with Crippen LogP contribution in [0, 0.1) is 19.8 Å². The van der Waals surface area contributed by atoms with E-state index >= 15 is 0 Å². The summed E-state index contributed by atoms with van der Waals surface area (Å²) in [6, 6.07) is 9.42. The van der Waals surface area contributed by atoms with Gasteiger partial charge in [0.1, 0.15) is 5.82 Å². The fourth-order valence-electron chi connectivity index (χ4n) is 3.39. The number of anilines is 1. The van der Waals surface area contributed by atoms with Gasteiger partial charge in [-0.25, -0.2) is 4.68 Å². The number of hydrogen-bond donors (Lipinski definition) is 1. The van der Waals surface area contributed by atoms with E-state index in [-0.39, 0.29) is 5.91 Å². The first kappa shape index (κ1) is 21.1. The monoisotopic (exact) mass is 413 g/mol. The molecule has 3 rings (SSSR count). The second kappa shape index (κ2) is 9.27. The molecule has 0 atom stereocenters. The maximum Gasteiger partial charge on any atom is 0.225 e. The Kier molecular flexibility index (Phi) is 6.75. The van der Waals surface area contributed by atoms with Crippen LogP contribution in [0.1, 0.15) is 42.8 Å². The number of aryl methyl sites for hydroxylation is 1. The van der Waals surface area contributed by atoms with E-state index in [9.17, 15) is 4.79 Å². The van der Waals surface area contributed by atoms with Crippen molar-refractivity contribution < 1.29 is 4.79 Å². The third-order valence-electron chi connectivity index (χ3n) is 4.90. The third-order valence-corrected chi connectivity index (χ3v) is 5.15. The lowest BCUT2D eigenvalue weighted by molar-refractivity contribution is -0.116. The normalized spacial score (nSPS) is 11.2. The highest BCUT2D eigenvalue weighted by Gasteiger charge is 2.15. The van der Waals surface area contributed by atoms with E-state index in [1.807, 2.05) is 37.3 Å². The van der Waals surface area contributed by atoms with Crippen LogP contribution in [0.3, 0.4) is 0 Å². The molecule has 0 radical (unpaired) electrons. The van der Waals surface area contributed by atoms with Crippen molar-refractivity contribution in [2.24, 2.45) is 5.92 Å². The predicted octanol–water partition coefficient (Wildman–Crippen LogP) is 4.63. The molecule has 3 aromatic rings. The Morgan fingerprint density at radius 3 is 2.55 bits per heavy atom. The van der Waals surface area contributed by atoms with Gasteiger partial charge in [0.25, 0.3) is 0 Å². The highest BCUT2D eigenvalue weighted by atomic mass is 35.5. The number of carbonyl (C=O) groups is 1. The summed E-state index contributed by atoms with van der Waals surface area (Å²) in [6.45, 7) is 9.91. The first-order valence-electron chi connectivity index (χ1n) is 9.92. The molecule has 1 aromatic carbocycles. The summed E-state index contributed by atoms with van der Waals surface area (Å²) in [5.74, 6) is 1.19. The molecule has 7 heteroatoms. The van der Waals surface area contributed by atoms with E-state index in [2.05, 4.69) is 41.0 Å². The highest BCUT2D eigenvalue weighted by Crippen LogP contribution is 2.18. The Balaban J connectivity index is 1.60. The average Bonchev–Trinajstić information content (AvgIpc) is 3.19. The maximum absolute atomic E-state index is 12.5. The maximum atomic E-state index is 12.5. The average molecular weight is 414 g/mol. The Labute approximate surface area is 176 Å². The summed E-state index contributed by atoms with van der Waals surface area (Å²) in [4.78, 5) is 12.5. The number of nitrogens with one attached hydrogen (secondary N) is 1. The molecular weight excluding hydrogens is 386 g/mol. The second-order valence-electron chi connectivity index (χ2n) is 7.77. The zero-order chi connectivity index (χ0) is 21.0. The number of benzene rings is 1. The number of rotatable bonds is 8. The van der Waals surface area contributed by atoms with Crippen LogP contribution in [0.15, 0.2) is 36.5 Å². The zero-order valence-corrected chi connectivity index (χ0v) is 18.2. The standard InChI is InChI=1S/C22H28ClN5O/c1-15(2)13-27-17(4)20(16(3)26-27)9-10-22(29)25-21-11-12-24-28(21)14-18-5-7-19(23)8-6-18/h5-8,11-12,15H,9-10,13-14H2,1-4H3,(H,25,29). The molecule has 2 heterocycles. The van der Waals surface area contributed by atoms with E-state index in [1.165, 1.54) is 0 Å². The van der Waals surface area contributed by atoms with Crippen LogP contribution in [0.4, 0.5) is 5.82 Å². The number of halogens is 1. The van der Waals surface area contributed by atoms with Gasteiger partial charge in [-0.05, 0) is 49.4 Å². The van der Waals surface area contributed by atoms with Crippen LogP contribution in [0.5, 0.6) is 0 Å². The summed E-state index contributed by atoms with van der Waals surface area (Å²) in [7, 11) is 0. The van der Waals surface area contributed by atoms with E-state index in [1.54, 1.807) is 10.9 Å². The summed E-state index contributed by atoms with van der Waals surface area (Å²) in [5.41, 5.74) is 4.38. The Bertz CT molecular complexity index is 972. The molecule has 2 aromatic heterocycles. The van der Waals surface area contributed by atoms with Crippen LogP contribution < -0.4 is 5.32 Å². The first-order chi connectivity index (χ1) is 13.8. The van der Waals surface area contributed by atoms with Crippen molar-refractivity contribution in [3.8, 4) is 0 Å². The van der Waals surface area contributed by atoms with Gasteiger partial charge in [0.05, 0.1) is 18.4 Å². The van der Waals surface area contributed by atoms with Crippen LogP contribution >= 0.6 is 11.6 Å². The Morgan fingerprint density at radius 2 is 1.86 bits per heavy atom. The smallest absolute Gasteiger partial charge is 0.225 e.